The number of rotatable bonds is 1. The van der Waals surface area contributed by atoms with E-state index in [-0.39, 0.29) is 24.0 Å². The molecule has 2 rings (SSSR count). The van der Waals surface area contributed by atoms with Gasteiger partial charge in [0.15, 0.2) is 0 Å². The highest BCUT2D eigenvalue weighted by Gasteiger charge is 2.36. The number of halogens is 7. The Bertz CT molecular complexity index is 573. The molecule has 1 aromatic carbocycles. The van der Waals surface area contributed by atoms with Crippen molar-refractivity contribution in [3.63, 3.8) is 0 Å². The van der Waals surface area contributed by atoms with Gasteiger partial charge in [-0.2, -0.15) is 26.3 Å². The van der Waals surface area contributed by atoms with E-state index in [1.807, 2.05) is 4.90 Å². The SMILES string of the molecule is FC(F)(F)c1cc(C#CCN2CCCCC2)cc(C(F)(F)F)c1.[Cl-]. The van der Waals surface area contributed by atoms with Gasteiger partial charge >= 0.3 is 12.4 Å². The molecular weight excluding hydrogens is 356 g/mol. The van der Waals surface area contributed by atoms with Crippen LogP contribution in [0.4, 0.5) is 26.3 Å². The van der Waals surface area contributed by atoms with Crippen molar-refractivity contribution in [2.24, 2.45) is 0 Å². The van der Waals surface area contributed by atoms with Crippen LogP contribution in [0.2, 0.25) is 0 Å². The quantitative estimate of drug-likeness (QED) is 0.536. The van der Waals surface area contributed by atoms with Crippen LogP contribution in [0.5, 0.6) is 0 Å². The fourth-order valence-electron chi connectivity index (χ4n) is 2.40. The molecule has 8 heteroatoms. The minimum Gasteiger partial charge on any atom is -1.00 e. The van der Waals surface area contributed by atoms with Gasteiger partial charge in [0, 0.05) is 5.56 Å². The number of benzene rings is 1. The summed E-state index contributed by atoms with van der Waals surface area (Å²) in [7, 11) is 0. The van der Waals surface area contributed by atoms with E-state index >= 15 is 0 Å². The van der Waals surface area contributed by atoms with E-state index in [1.165, 1.54) is 0 Å². The molecule has 0 spiro atoms. The highest BCUT2D eigenvalue weighted by atomic mass is 35.5. The monoisotopic (exact) mass is 370 g/mol. The van der Waals surface area contributed by atoms with Crippen LogP contribution < -0.4 is 12.4 Å². The molecule has 1 aromatic rings. The smallest absolute Gasteiger partial charge is 0.416 e. The van der Waals surface area contributed by atoms with Crippen molar-refractivity contribution < 1.29 is 38.7 Å². The van der Waals surface area contributed by atoms with E-state index in [4.69, 9.17) is 0 Å². The van der Waals surface area contributed by atoms with Gasteiger partial charge in [0.25, 0.3) is 0 Å². The zero-order chi connectivity index (χ0) is 17.1. The van der Waals surface area contributed by atoms with Crippen LogP contribution in [0.25, 0.3) is 0 Å². The lowest BCUT2D eigenvalue weighted by Crippen LogP contribution is -3.00. The van der Waals surface area contributed by atoms with Gasteiger partial charge in [-0.1, -0.05) is 18.3 Å². The van der Waals surface area contributed by atoms with Gasteiger partial charge in [-0.3, -0.25) is 4.90 Å². The molecule has 0 aliphatic carbocycles. The van der Waals surface area contributed by atoms with Crippen LogP contribution in [0, 0.1) is 11.8 Å². The molecule has 24 heavy (non-hydrogen) atoms. The third-order valence-electron chi connectivity index (χ3n) is 3.57. The molecule has 1 aliphatic heterocycles. The fourth-order valence-corrected chi connectivity index (χ4v) is 2.40. The maximum absolute atomic E-state index is 12.7. The Balaban J connectivity index is 0.00000288. The van der Waals surface area contributed by atoms with E-state index in [1.54, 1.807) is 0 Å². The van der Waals surface area contributed by atoms with Crippen molar-refractivity contribution in [2.45, 2.75) is 31.6 Å². The second kappa shape index (κ2) is 8.13. The molecule has 1 heterocycles. The molecule has 1 aliphatic rings. The van der Waals surface area contributed by atoms with Crippen molar-refractivity contribution in [1.29, 1.82) is 0 Å². The normalized spacial score (nSPS) is 16.1. The van der Waals surface area contributed by atoms with E-state index in [2.05, 4.69) is 11.8 Å². The van der Waals surface area contributed by atoms with Crippen molar-refractivity contribution in [3.05, 3.63) is 34.9 Å². The summed E-state index contributed by atoms with van der Waals surface area (Å²) in [5, 5.41) is 0. The van der Waals surface area contributed by atoms with Crippen molar-refractivity contribution >= 4 is 0 Å². The molecule has 1 fully saturated rings. The number of alkyl halides is 6. The predicted octanol–water partition coefficient (Wildman–Crippen LogP) is 1.57. The first kappa shape index (κ1) is 20.7. The Morgan fingerprint density at radius 1 is 0.833 bits per heavy atom. The van der Waals surface area contributed by atoms with Gasteiger partial charge in [-0.15, -0.1) is 0 Å². The Hall–Kier alpha value is -1.39. The average molecular weight is 371 g/mol. The van der Waals surface area contributed by atoms with E-state index < -0.39 is 23.5 Å². The van der Waals surface area contributed by atoms with Gasteiger partial charge in [-0.05, 0) is 44.1 Å². The standard InChI is InChI=1S/C16H15F6N.ClH/c17-15(18,19)13-9-12(10-14(11-13)16(20,21)22)5-4-8-23-6-2-1-3-7-23;/h9-11H,1-3,6-8H2;1H/p-1. The van der Waals surface area contributed by atoms with Crippen LogP contribution in [-0.4, -0.2) is 24.5 Å². The maximum Gasteiger partial charge on any atom is 0.416 e. The summed E-state index contributed by atoms with van der Waals surface area (Å²) in [6.07, 6.45) is -6.49. The third-order valence-corrected chi connectivity index (χ3v) is 3.57. The zero-order valence-electron chi connectivity index (χ0n) is 12.6. The van der Waals surface area contributed by atoms with E-state index in [0.717, 1.165) is 32.4 Å². The molecule has 0 bridgehead atoms. The molecule has 0 amide bonds. The van der Waals surface area contributed by atoms with Crippen molar-refractivity contribution in [2.75, 3.05) is 19.6 Å². The zero-order valence-corrected chi connectivity index (χ0v) is 13.3. The first-order valence-electron chi connectivity index (χ1n) is 7.17. The second-order valence-electron chi connectivity index (χ2n) is 5.43. The lowest BCUT2D eigenvalue weighted by molar-refractivity contribution is -0.143. The van der Waals surface area contributed by atoms with Crippen molar-refractivity contribution in [3.8, 4) is 11.8 Å². The Kier molecular flexibility index (Phi) is 6.99. The average Bonchev–Trinajstić information content (AvgIpc) is 2.46. The molecule has 1 saturated heterocycles. The molecule has 0 saturated carbocycles. The molecule has 1 nitrogen and oxygen atoms in total. The molecule has 0 atom stereocenters. The largest absolute Gasteiger partial charge is 1.00 e. The summed E-state index contributed by atoms with van der Waals surface area (Å²) in [5.74, 6) is 5.10. The number of hydrogen-bond donors (Lipinski definition) is 0. The van der Waals surface area contributed by atoms with Gasteiger partial charge in [0.2, 0.25) is 0 Å². The number of likely N-dealkylation sites (tertiary alicyclic amines) is 1. The summed E-state index contributed by atoms with van der Waals surface area (Å²) in [5.41, 5.74) is -2.95. The summed E-state index contributed by atoms with van der Waals surface area (Å²) in [6.45, 7) is 2.05. The van der Waals surface area contributed by atoms with Crippen molar-refractivity contribution in [1.82, 2.24) is 4.90 Å². The molecule has 134 valence electrons. The Labute approximate surface area is 142 Å². The third kappa shape index (κ3) is 5.91. The molecule has 0 N–H and O–H groups in total. The Morgan fingerprint density at radius 3 is 1.79 bits per heavy atom. The maximum atomic E-state index is 12.7. The van der Waals surface area contributed by atoms with Gasteiger partial charge < -0.3 is 12.4 Å². The lowest BCUT2D eigenvalue weighted by Gasteiger charge is -2.23. The molecule has 0 aromatic heterocycles. The summed E-state index contributed by atoms with van der Waals surface area (Å²) in [6, 6.07) is 1.41. The van der Waals surface area contributed by atoms with Crippen LogP contribution in [0.1, 0.15) is 36.0 Å². The molecular formula is C16H15ClF6N-. The van der Waals surface area contributed by atoms with E-state index in [9.17, 15) is 26.3 Å². The number of nitrogens with zero attached hydrogens (tertiary/aromatic N) is 1. The number of hydrogen-bond acceptors (Lipinski definition) is 1. The highest BCUT2D eigenvalue weighted by molar-refractivity contribution is 5.42. The van der Waals surface area contributed by atoms with E-state index in [0.29, 0.717) is 18.7 Å². The second-order valence-corrected chi connectivity index (χ2v) is 5.43. The lowest BCUT2D eigenvalue weighted by atomic mass is 10.0. The van der Waals surface area contributed by atoms with Crippen LogP contribution in [-0.2, 0) is 12.4 Å². The summed E-state index contributed by atoms with van der Waals surface area (Å²) in [4.78, 5) is 2.04. The van der Waals surface area contributed by atoms with Crippen LogP contribution in [0.15, 0.2) is 18.2 Å². The van der Waals surface area contributed by atoms with Crippen LogP contribution in [0.3, 0.4) is 0 Å². The fraction of sp³-hybridized carbons (Fsp3) is 0.500. The first-order chi connectivity index (χ1) is 10.7. The minimum atomic E-state index is -4.84. The van der Waals surface area contributed by atoms with Gasteiger partial charge in [0.05, 0.1) is 17.7 Å². The topological polar surface area (TPSA) is 3.24 Å². The Morgan fingerprint density at radius 2 is 1.33 bits per heavy atom. The summed E-state index contributed by atoms with van der Waals surface area (Å²) < 4.78 is 76.4. The first-order valence-corrected chi connectivity index (χ1v) is 7.17. The molecule has 0 unspecified atom stereocenters. The van der Waals surface area contributed by atoms with Gasteiger partial charge in [-0.25, -0.2) is 0 Å². The molecule has 0 radical (unpaired) electrons. The predicted molar refractivity (Wildman–Crippen MR) is 73.6 cm³/mol. The minimum absolute atomic E-state index is 0. The van der Waals surface area contributed by atoms with Gasteiger partial charge in [0.1, 0.15) is 0 Å². The highest BCUT2D eigenvalue weighted by Crippen LogP contribution is 2.36. The number of piperidine rings is 1. The summed E-state index contributed by atoms with van der Waals surface area (Å²) >= 11 is 0. The van der Waals surface area contributed by atoms with Crippen LogP contribution >= 0.6 is 0 Å².